The standard InChI is InChI=1S/C21H32FN5O.HI/c1-7-23-21(24-13-20(28-6)17-8-10-18(22)11-9-17)25-14(2)12-19-15(3)26-27(5)16(19)4;/h8-11,14,20H,7,12-13H2,1-6H3,(H2,23,24,25);1H. The van der Waals surface area contributed by atoms with Gasteiger partial charge >= 0.3 is 0 Å². The largest absolute Gasteiger partial charge is 0.375 e. The van der Waals surface area contributed by atoms with Gasteiger partial charge < -0.3 is 15.4 Å². The minimum Gasteiger partial charge on any atom is -0.375 e. The first-order valence-electron chi connectivity index (χ1n) is 9.67. The Morgan fingerprint density at radius 1 is 1.28 bits per heavy atom. The summed E-state index contributed by atoms with van der Waals surface area (Å²) in [6.07, 6.45) is 0.635. The molecule has 29 heavy (non-hydrogen) atoms. The lowest BCUT2D eigenvalue weighted by molar-refractivity contribution is 0.111. The number of rotatable bonds is 8. The van der Waals surface area contributed by atoms with Crippen molar-refractivity contribution >= 4 is 29.9 Å². The monoisotopic (exact) mass is 517 g/mol. The van der Waals surface area contributed by atoms with Gasteiger partial charge in [0.2, 0.25) is 0 Å². The lowest BCUT2D eigenvalue weighted by Crippen LogP contribution is -2.43. The van der Waals surface area contributed by atoms with E-state index in [0.29, 0.717) is 6.54 Å². The van der Waals surface area contributed by atoms with Gasteiger partial charge in [0.15, 0.2) is 5.96 Å². The molecule has 0 saturated heterocycles. The van der Waals surface area contributed by atoms with Crippen LogP contribution in [0.2, 0.25) is 0 Å². The highest BCUT2D eigenvalue weighted by molar-refractivity contribution is 14.0. The fourth-order valence-corrected chi connectivity index (χ4v) is 3.19. The maximum absolute atomic E-state index is 13.2. The highest BCUT2D eigenvalue weighted by Gasteiger charge is 2.15. The van der Waals surface area contributed by atoms with Crippen molar-refractivity contribution in [2.75, 3.05) is 20.2 Å². The Morgan fingerprint density at radius 2 is 1.93 bits per heavy atom. The van der Waals surface area contributed by atoms with E-state index in [1.165, 1.54) is 23.4 Å². The molecule has 1 aromatic carbocycles. The molecule has 0 aliphatic carbocycles. The molecule has 6 nitrogen and oxygen atoms in total. The summed E-state index contributed by atoms with van der Waals surface area (Å²) in [4.78, 5) is 4.67. The van der Waals surface area contributed by atoms with E-state index < -0.39 is 0 Å². The summed E-state index contributed by atoms with van der Waals surface area (Å²) in [7, 11) is 3.61. The third-order valence-electron chi connectivity index (χ3n) is 4.84. The Morgan fingerprint density at radius 3 is 2.45 bits per heavy atom. The average Bonchev–Trinajstić information content (AvgIpc) is 2.89. The molecule has 8 heteroatoms. The maximum Gasteiger partial charge on any atom is 0.191 e. The number of guanidine groups is 1. The van der Waals surface area contributed by atoms with Gasteiger partial charge in [-0.15, -0.1) is 24.0 Å². The van der Waals surface area contributed by atoms with E-state index >= 15 is 0 Å². The van der Waals surface area contributed by atoms with E-state index in [4.69, 9.17) is 4.74 Å². The Labute approximate surface area is 190 Å². The number of hydrogen-bond donors (Lipinski definition) is 2. The van der Waals surface area contributed by atoms with Gasteiger partial charge in [0.25, 0.3) is 0 Å². The number of nitrogens with one attached hydrogen (secondary N) is 2. The number of aliphatic imine (C=N–C) groups is 1. The third-order valence-corrected chi connectivity index (χ3v) is 4.84. The van der Waals surface area contributed by atoms with Crippen LogP contribution in [0.25, 0.3) is 0 Å². The van der Waals surface area contributed by atoms with Crippen molar-refractivity contribution < 1.29 is 9.13 Å². The number of aryl methyl sites for hydroxylation is 2. The van der Waals surface area contributed by atoms with Gasteiger partial charge in [-0.3, -0.25) is 9.67 Å². The highest BCUT2D eigenvalue weighted by atomic mass is 127. The zero-order valence-corrected chi connectivity index (χ0v) is 20.5. The summed E-state index contributed by atoms with van der Waals surface area (Å²) in [5, 5.41) is 11.2. The molecule has 0 bridgehead atoms. The van der Waals surface area contributed by atoms with Crippen LogP contribution in [-0.4, -0.2) is 42.0 Å². The van der Waals surface area contributed by atoms with Gasteiger partial charge in [0, 0.05) is 32.4 Å². The number of benzene rings is 1. The molecule has 0 aliphatic rings. The summed E-state index contributed by atoms with van der Waals surface area (Å²) >= 11 is 0. The van der Waals surface area contributed by atoms with Crippen LogP contribution in [0.1, 0.15) is 42.5 Å². The molecule has 0 radical (unpaired) electrons. The molecule has 1 heterocycles. The predicted molar refractivity (Wildman–Crippen MR) is 127 cm³/mol. The summed E-state index contributed by atoms with van der Waals surface area (Å²) in [5.41, 5.74) is 4.41. The molecule has 162 valence electrons. The second-order valence-corrected chi connectivity index (χ2v) is 7.02. The van der Waals surface area contributed by atoms with Crippen molar-refractivity contribution in [1.82, 2.24) is 20.4 Å². The number of aromatic nitrogens is 2. The van der Waals surface area contributed by atoms with Gasteiger partial charge in [-0.1, -0.05) is 12.1 Å². The van der Waals surface area contributed by atoms with E-state index in [-0.39, 0.29) is 41.9 Å². The van der Waals surface area contributed by atoms with Crippen LogP contribution in [0, 0.1) is 19.7 Å². The van der Waals surface area contributed by atoms with Gasteiger partial charge in [-0.05, 0) is 57.4 Å². The Hall–Kier alpha value is -1.68. The SMILES string of the molecule is CCNC(=NCC(OC)c1ccc(F)cc1)NC(C)Cc1c(C)nn(C)c1C.I. The van der Waals surface area contributed by atoms with Crippen LogP contribution in [0.3, 0.4) is 0 Å². The van der Waals surface area contributed by atoms with Crippen molar-refractivity contribution in [3.63, 3.8) is 0 Å². The number of ether oxygens (including phenoxy) is 1. The fraction of sp³-hybridized carbons (Fsp3) is 0.524. The van der Waals surface area contributed by atoms with Crippen molar-refractivity contribution in [2.24, 2.45) is 12.0 Å². The summed E-state index contributed by atoms with van der Waals surface area (Å²) in [6.45, 7) is 9.50. The molecule has 0 fully saturated rings. The van der Waals surface area contributed by atoms with E-state index in [2.05, 4.69) is 34.6 Å². The topological polar surface area (TPSA) is 63.5 Å². The van der Waals surface area contributed by atoms with Crippen LogP contribution in [-0.2, 0) is 18.2 Å². The predicted octanol–water partition coefficient (Wildman–Crippen LogP) is 3.67. The second kappa shape index (κ2) is 12.1. The molecule has 0 saturated carbocycles. The molecule has 2 N–H and O–H groups in total. The molecule has 0 amide bonds. The lowest BCUT2D eigenvalue weighted by Gasteiger charge is -2.19. The molecule has 2 aromatic rings. The van der Waals surface area contributed by atoms with Crippen molar-refractivity contribution in [3.8, 4) is 0 Å². The van der Waals surface area contributed by atoms with Gasteiger partial charge in [0.05, 0.1) is 12.2 Å². The molecule has 1 aromatic heterocycles. The van der Waals surface area contributed by atoms with E-state index in [1.54, 1.807) is 19.2 Å². The second-order valence-electron chi connectivity index (χ2n) is 7.02. The van der Waals surface area contributed by atoms with Crippen molar-refractivity contribution in [2.45, 2.75) is 46.3 Å². The Balaban J connectivity index is 0.00000420. The molecule has 2 rings (SSSR count). The van der Waals surface area contributed by atoms with Crippen LogP contribution in [0.15, 0.2) is 29.3 Å². The molecular weight excluding hydrogens is 484 g/mol. The molecule has 2 unspecified atom stereocenters. The average molecular weight is 517 g/mol. The summed E-state index contributed by atoms with van der Waals surface area (Å²) < 4.78 is 20.6. The number of nitrogens with zero attached hydrogens (tertiary/aromatic N) is 3. The highest BCUT2D eigenvalue weighted by Crippen LogP contribution is 2.17. The summed E-state index contributed by atoms with van der Waals surface area (Å²) in [6, 6.07) is 6.53. The maximum atomic E-state index is 13.2. The Bertz CT molecular complexity index is 791. The zero-order chi connectivity index (χ0) is 20.7. The van der Waals surface area contributed by atoms with Crippen molar-refractivity contribution in [1.29, 1.82) is 0 Å². The number of hydrogen-bond acceptors (Lipinski definition) is 3. The van der Waals surface area contributed by atoms with E-state index in [9.17, 15) is 4.39 Å². The van der Waals surface area contributed by atoms with E-state index in [0.717, 1.165) is 30.2 Å². The van der Waals surface area contributed by atoms with Crippen molar-refractivity contribution in [3.05, 3.63) is 52.6 Å². The quantitative estimate of drug-likeness (QED) is 0.319. The third kappa shape index (κ3) is 7.26. The first kappa shape index (κ1) is 25.4. The van der Waals surface area contributed by atoms with Crippen LogP contribution in [0.4, 0.5) is 4.39 Å². The number of methoxy groups -OCH3 is 1. The zero-order valence-electron chi connectivity index (χ0n) is 18.1. The molecule has 0 spiro atoms. The molecule has 0 aliphatic heterocycles. The molecular formula is C21H33FIN5O. The molecule has 2 atom stereocenters. The normalized spacial score (nSPS) is 13.6. The Kier molecular flexibility index (Phi) is 10.6. The van der Waals surface area contributed by atoms with Gasteiger partial charge in [-0.25, -0.2) is 4.39 Å². The van der Waals surface area contributed by atoms with Crippen LogP contribution >= 0.6 is 24.0 Å². The van der Waals surface area contributed by atoms with Gasteiger partial charge in [0.1, 0.15) is 11.9 Å². The fourth-order valence-electron chi connectivity index (χ4n) is 3.19. The minimum atomic E-state index is -0.257. The first-order valence-corrected chi connectivity index (χ1v) is 9.67. The summed E-state index contributed by atoms with van der Waals surface area (Å²) in [5.74, 6) is 0.477. The van der Waals surface area contributed by atoms with Crippen LogP contribution in [0.5, 0.6) is 0 Å². The van der Waals surface area contributed by atoms with Crippen LogP contribution < -0.4 is 10.6 Å². The number of halogens is 2. The first-order chi connectivity index (χ1) is 13.3. The minimum absolute atomic E-state index is 0. The van der Waals surface area contributed by atoms with E-state index in [1.807, 2.05) is 25.6 Å². The lowest BCUT2D eigenvalue weighted by atomic mass is 10.1. The smallest absolute Gasteiger partial charge is 0.191 e. The van der Waals surface area contributed by atoms with Gasteiger partial charge in [-0.2, -0.15) is 5.10 Å².